The SMILES string of the molecule is CNC(=O)C1CCCN1S(=O)(=O)c1c(N)cc(Br)cc1Br. The molecule has 0 spiro atoms. The predicted octanol–water partition coefficient (Wildman–Crippen LogP) is 1.69. The van der Waals surface area contributed by atoms with Gasteiger partial charge in [0.05, 0.1) is 5.69 Å². The molecule has 1 atom stereocenters. The van der Waals surface area contributed by atoms with E-state index in [4.69, 9.17) is 5.73 Å². The average Bonchev–Trinajstić information content (AvgIpc) is 2.86. The number of nitrogens with two attached hydrogens (primary N) is 1. The first-order valence-corrected chi connectivity index (χ1v) is 9.29. The number of hydrogen-bond donors (Lipinski definition) is 2. The molecule has 2 rings (SSSR count). The van der Waals surface area contributed by atoms with Crippen LogP contribution >= 0.6 is 31.9 Å². The molecule has 1 saturated heterocycles. The zero-order valence-corrected chi connectivity index (χ0v) is 15.3. The maximum atomic E-state index is 12.8. The minimum atomic E-state index is -3.84. The van der Waals surface area contributed by atoms with Crippen LogP contribution in [0.5, 0.6) is 0 Å². The molecule has 3 N–H and O–H groups in total. The summed E-state index contributed by atoms with van der Waals surface area (Å²) >= 11 is 6.50. The largest absolute Gasteiger partial charge is 0.398 e. The highest BCUT2D eigenvalue weighted by Gasteiger charge is 2.40. The number of anilines is 1. The fourth-order valence-electron chi connectivity index (χ4n) is 2.43. The molecule has 9 heteroatoms. The summed E-state index contributed by atoms with van der Waals surface area (Å²) in [7, 11) is -2.35. The van der Waals surface area contributed by atoms with Crippen LogP contribution in [-0.4, -0.2) is 38.3 Å². The zero-order chi connectivity index (χ0) is 15.8. The van der Waals surface area contributed by atoms with Crippen molar-refractivity contribution in [1.29, 1.82) is 0 Å². The second-order valence-corrected chi connectivity index (χ2v) is 8.29. The van der Waals surface area contributed by atoms with Gasteiger partial charge in [0.15, 0.2) is 0 Å². The van der Waals surface area contributed by atoms with Gasteiger partial charge < -0.3 is 11.1 Å². The zero-order valence-electron chi connectivity index (χ0n) is 11.3. The van der Waals surface area contributed by atoms with Crippen molar-refractivity contribution in [2.75, 3.05) is 19.3 Å². The van der Waals surface area contributed by atoms with Crippen LogP contribution in [-0.2, 0) is 14.8 Å². The maximum absolute atomic E-state index is 12.8. The van der Waals surface area contributed by atoms with E-state index >= 15 is 0 Å². The second kappa shape index (κ2) is 6.23. The quantitative estimate of drug-likeness (QED) is 0.699. The van der Waals surface area contributed by atoms with Crippen LogP contribution in [0.1, 0.15) is 12.8 Å². The molecule has 1 aliphatic heterocycles. The first-order chi connectivity index (χ1) is 9.78. The van der Waals surface area contributed by atoms with Gasteiger partial charge in [0.25, 0.3) is 0 Å². The van der Waals surface area contributed by atoms with Crippen molar-refractivity contribution in [3.8, 4) is 0 Å². The Morgan fingerprint density at radius 2 is 2.10 bits per heavy atom. The van der Waals surface area contributed by atoms with Crippen LogP contribution in [0.4, 0.5) is 5.69 Å². The topological polar surface area (TPSA) is 92.5 Å². The number of nitrogen functional groups attached to an aromatic ring is 1. The fraction of sp³-hybridized carbons (Fsp3) is 0.417. The van der Waals surface area contributed by atoms with E-state index < -0.39 is 16.1 Å². The third kappa shape index (κ3) is 3.10. The van der Waals surface area contributed by atoms with Gasteiger partial charge in [-0.1, -0.05) is 15.9 Å². The van der Waals surface area contributed by atoms with Crippen molar-refractivity contribution in [2.45, 2.75) is 23.8 Å². The summed E-state index contributed by atoms with van der Waals surface area (Å²) in [6.07, 6.45) is 1.15. The molecular formula is C12H15Br2N3O3S. The standard InChI is InChI=1S/C12H15Br2N3O3S/c1-16-12(18)10-3-2-4-17(10)21(19,20)11-8(14)5-7(13)6-9(11)15/h5-6,10H,2-4,15H2,1H3,(H,16,18). The van der Waals surface area contributed by atoms with Gasteiger partial charge in [-0.05, 0) is 40.9 Å². The Balaban J connectivity index is 2.50. The summed E-state index contributed by atoms with van der Waals surface area (Å²) in [5, 5.41) is 2.50. The van der Waals surface area contributed by atoms with Crippen LogP contribution in [0.25, 0.3) is 0 Å². The van der Waals surface area contributed by atoms with Gasteiger partial charge in [-0.25, -0.2) is 8.42 Å². The predicted molar refractivity (Wildman–Crippen MR) is 87.2 cm³/mol. The van der Waals surface area contributed by atoms with Crippen LogP contribution in [0, 0.1) is 0 Å². The summed E-state index contributed by atoms with van der Waals surface area (Å²) in [5.74, 6) is -0.303. The number of halogens is 2. The summed E-state index contributed by atoms with van der Waals surface area (Å²) in [4.78, 5) is 11.9. The first-order valence-electron chi connectivity index (χ1n) is 6.27. The Morgan fingerprint density at radius 1 is 1.43 bits per heavy atom. The van der Waals surface area contributed by atoms with E-state index in [0.29, 0.717) is 28.3 Å². The van der Waals surface area contributed by atoms with Crippen molar-refractivity contribution in [3.63, 3.8) is 0 Å². The average molecular weight is 441 g/mol. The Kier molecular flexibility index (Phi) is 4.96. The van der Waals surface area contributed by atoms with Crippen molar-refractivity contribution < 1.29 is 13.2 Å². The van der Waals surface area contributed by atoms with Gasteiger partial charge >= 0.3 is 0 Å². The molecular weight excluding hydrogens is 426 g/mol. The highest BCUT2D eigenvalue weighted by molar-refractivity contribution is 9.11. The molecule has 0 aromatic heterocycles. The van der Waals surface area contributed by atoms with Gasteiger partial charge in [-0.3, -0.25) is 4.79 Å². The lowest BCUT2D eigenvalue weighted by Crippen LogP contribution is -2.45. The number of carbonyl (C=O) groups is 1. The molecule has 1 aromatic rings. The number of hydrogen-bond acceptors (Lipinski definition) is 4. The molecule has 0 saturated carbocycles. The molecule has 1 heterocycles. The normalized spacial score (nSPS) is 19.7. The van der Waals surface area contributed by atoms with E-state index in [2.05, 4.69) is 37.2 Å². The van der Waals surface area contributed by atoms with Gasteiger partial charge in [0, 0.05) is 22.5 Å². The second-order valence-electron chi connectivity index (χ2n) is 4.69. The monoisotopic (exact) mass is 439 g/mol. The molecule has 1 aromatic carbocycles. The Bertz CT molecular complexity index is 655. The van der Waals surface area contributed by atoms with E-state index in [1.807, 2.05) is 0 Å². The third-order valence-corrected chi connectivity index (χ3v) is 6.73. The van der Waals surface area contributed by atoms with Gasteiger partial charge in [0.2, 0.25) is 15.9 Å². The van der Waals surface area contributed by atoms with Gasteiger partial charge in [0.1, 0.15) is 10.9 Å². The molecule has 1 unspecified atom stereocenters. The molecule has 1 amide bonds. The number of likely N-dealkylation sites (N-methyl/N-ethyl adjacent to an activating group) is 1. The van der Waals surface area contributed by atoms with E-state index in [-0.39, 0.29) is 16.5 Å². The van der Waals surface area contributed by atoms with E-state index in [0.717, 1.165) is 0 Å². The number of rotatable bonds is 3. The maximum Gasteiger partial charge on any atom is 0.246 e. The van der Waals surface area contributed by atoms with Crippen molar-refractivity contribution in [1.82, 2.24) is 9.62 Å². The molecule has 1 fully saturated rings. The van der Waals surface area contributed by atoms with E-state index in [9.17, 15) is 13.2 Å². The Labute approximate surface area is 140 Å². The molecule has 0 radical (unpaired) electrons. The van der Waals surface area contributed by atoms with E-state index in [1.54, 1.807) is 6.07 Å². The summed E-state index contributed by atoms with van der Waals surface area (Å²) in [6, 6.07) is 2.46. The van der Waals surface area contributed by atoms with Crippen molar-refractivity contribution >= 4 is 53.5 Å². The number of nitrogens with one attached hydrogen (secondary N) is 1. The number of amides is 1. The molecule has 21 heavy (non-hydrogen) atoms. The summed E-state index contributed by atoms with van der Waals surface area (Å²) in [6.45, 7) is 0.308. The molecule has 1 aliphatic rings. The van der Waals surface area contributed by atoms with E-state index in [1.165, 1.54) is 17.4 Å². The first kappa shape index (κ1) is 16.7. The number of benzene rings is 1. The molecule has 0 aliphatic carbocycles. The van der Waals surface area contributed by atoms with Crippen LogP contribution in [0.3, 0.4) is 0 Å². The van der Waals surface area contributed by atoms with Gasteiger partial charge in [-0.15, -0.1) is 0 Å². The lowest BCUT2D eigenvalue weighted by molar-refractivity contribution is -0.123. The Hall–Kier alpha value is -0.640. The van der Waals surface area contributed by atoms with Crippen molar-refractivity contribution in [2.24, 2.45) is 0 Å². The minimum absolute atomic E-state index is 0.00139. The van der Waals surface area contributed by atoms with Crippen LogP contribution < -0.4 is 11.1 Å². The van der Waals surface area contributed by atoms with Gasteiger partial charge in [-0.2, -0.15) is 4.31 Å². The highest BCUT2D eigenvalue weighted by Crippen LogP contribution is 2.36. The molecule has 0 bridgehead atoms. The van der Waals surface area contributed by atoms with Crippen LogP contribution in [0.15, 0.2) is 26.0 Å². The lowest BCUT2D eigenvalue weighted by atomic mass is 10.2. The fourth-order valence-corrected chi connectivity index (χ4v) is 6.10. The molecule has 6 nitrogen and oxygen atoms in total. The summed E-state index contributed by atoms with van der Waals surface area (Å²) in [5.41, 5.74) is 6.00. The smallest absolute Gasteiger partial charge is 0.246 e. The third-order valence-electron chi connectivity index (χ3n) is 3.36. The minimum Gasteiger partial charge on any atom is -0.398 e. The molecule has 116 valence electrons. The van der Waals surface area contributed by atoms with Crippen LogP contribution in [0.2, 0.25) is 0 Å². The summed E-state index contributed by atoms with van der Waals surface area (Å²) < 4.78 is 27.9. The number of nitrogens with zero attached hydrogens (tertiary/aromatic N) is 1. The Morgan fingerprint density at radius 3 is 2.67 bits per heavy atom. The number of carbonyl (C=O) groups excluding carboxylic acids is 1. The number of sulfonamides is 1. The highest BCUT2D eigenvalue weighted by atomic mass is 79.9. The van der Waals surface area contributed by atoms with Crippen molar-refractivity contribution in [3.05, 3.63) is 21.1 Å². The lowest BCUT2D eigenvalue weighted by Gasteiger charge is -2.24.